The summed E-state index contributed by atoms with van der Waals surface area (Å²) in [6.07, 6.45) is 5.72. The summed E-state index contributed by atoms with van der Waals surface area (Å²) < 4.78 is 0. The number of allylic oxidation sites excluding steroid dienone is 3. The van der Waals surface area contributed by atoms with Crippen LogP contribution in [0.2, 0.25) is 0 Å². The molecule has 0 saturated heterocycles. The predicted molar refractivity (Wildman–Crippen MR) is 49.3 cm³/mol. The van der Waals surface area contributed by atoms with Gasteiger partial charge in [0.2, 0.25) is 0 Å². The number of rotatable bonds is 2. The Hall–Kier alpha value is -0.720. The van der Waals surface area contributed by atoms with Crippen molar-refractivity contribution in [1.82, 2.24) is 5.32 Å². The van der Waals surface area contributed by atoms with E-state index in [-0.39, 0.29) is 0 Å². The molecule has 0 atom stereocenters. The second-order valence-corrected chi connectivity index (χ2v) is 3.59. The van der Waals surface area contributed by atoms with Crippen molar-refractivity contribution < 1.29 is 0 Å². The Balaban J connectivity index is 2.52. The van der Waals surface area contributed by atoms with Gasteiger partial charge in [0, 0.05) is 12.2 Å². The highest BCUT2D eigenvalue weighted by Crippen LogP contribution is 2.14. The van der Waals surface area contributed by atoms with Crippen molar-refractivity contribution in [3.63, 3.8) is 0 Å². The Morgan fingerprint density at radius 1 is 1.55 bits per heavy atom. The van der Waals surface area contributed by atoms with E-state index >= 15 is 0 Å². The molecule has 1 aliphatic rings. The van der Waals surface area contributed by atoms with Gasteiger partial charge in [-0.05, 0) is 30.9 Å². The average molecular weight is 151 g/mol. The van der Waals surface area contributed by atoms with E-state index in [1.165, 1.54) is 17.7 Å². The maximum Gasteiger partial charge on any atom is 0.0333 e. The fourth-order valence-electron chi connectivity index (χ4n) is 1.34. The van der Waals surface area contributed by atoms with Crippen LogP contribution >= 0.6 is 0 Å². The molecule has 0 saturated carbocycles. The molecular formula is C10H17N. The topological polar surface area (TPSA) is 12.0 Å². The van der Waals surface area contributed by atoms with E-state index < -0.39 is 0 Å². The van der Waals surface area contributed by atoms with Gasteiger partial charge in [-0.15, -0.1) is 0 Å². The maximum absolute atomic E-state index is 3.27. The SMILES string of the molecule is CC1=CC(CC(C)C)=CCN1. The van der Waals surface area contributed by atoms with E-state index in [0.717, 1.165) is 12.5 Å². The van der Waals surface area contributed by atoms with E-state index in [1.54, 1.807) is 0 Å². The van der Waals surface area contributed by atoms with Crippen molar-refractivity contribution in [2.45, 2.75) is 27.2 Å². The number of nitrogens with one attached hydrogen (secondary N) is 1. The van der Waals surface area contributed by atoms with Crippen LogP contribution in [0.25, 0.3) is 0 Å². The second kappa shape index (κ2) is 3.61. The normalized spacial score (nSPS) is 17.5. The highest BCUT2D eigenvalue weighted by atomic mass is 14.9. The maximum atomic E-state index is 3.27. The summed E-state index contributed by atoms with van der Waals surface area (Å²) in [5.41, 5.74) is 2.78. The lowest BCUT2D eigenvalue weighted by atomic mass is 10.0. The van der Waals surface area contributed by atoms with Crippen LogP contribution in [-0.4, -0.2) is 6.54 Å². The summed E-state index contributed by atoms with van der Waals surface area (Å²) in [6.45, 7) is 7.63. The molecule has 1 N–H and O–H groups in total. The van der Waals surface area contributed by atoms with Crippen molar-refractivity contribution >= 4 is 0 Å². The van der Waals surface area contributed by atoms with Crippen molar-refractivity contribution in [1.29, 1.82) is 0 Å². The van der Waals surface area contributed by atoms with Crippen molar-refractivity contribution in [2.24, 2.45) is 5.92 Å². The molecular weight excluding hydrogens is 134 g/mol. The van der Waals surface area contributed by atoms with Crippen molar-refractivity contribution in [3.05, 3.63) is 23.4 Å². The molecule has 0 unspecified atom stereocenters. The second-order valence-electron chi connectivity index (χ2n) is 3.59. The molecule has 0 radical (unpaired) electrons. The van der Waals surface area contributed by atoms with E-state index in [9.17, 15) is 0 Å². The van der Waals surface area contributed by atoms with Gasteiger partial charge in [-0.1, -0.05) is 19.9 Å². The van der Waals surface area contributed by atoms with E-state index in [1.807, 2.05) is 0 Å². The van der Waals surface area contributed by atoms with Gasteiger partial charge in [0.25, 0.3) is 0 Å². The predicted octanol–water partition coefficient (Wildman–Crippen LogP) is 2.47. The van der Waals surface area contributed by atoms with Crippen LogP contribution in [0.5, 0.6) is 0 Å². The van der Waals surface area contributed by atoms with Crippen LogP contribution < -0.4 is 5.32 Å². The molecule has 0 aromatic heterocycles. The molecule has 1 aliphatic heterocycles. The van der Waals surface area contributed by atoms with Gasteiger partial charge in [-0.2, -0.15) is 0 Å². The summed E-state index contributed by atoms with van der Waals surface area (Å²) in [6, 6.07) is 0. The molecule has 0 aliphatic carbocycles. The summed E-state index contributed by atoms with van der Waals surface area (Å²) in [4.78, 5) is 0. The zero-order valence-electron chi connectivity index (χ0n) is 7.65. The largest absolute Gasteiger partial charge is 0.385 e. The highest BCUT2D eigenvalue weighted by molar-refractivity contribution is 5.26. The quantitative estimate of drug-likeness (QED) is 0.639. The Morgan fingerprint density at radius 2 is 2.27 bits per heavy atom. The first-order valence-electron chi connectivity index (χ1n) is 4.29. The lowest BCUT2D eigenvalue weighted by molar-refractivity contribution is 0.643. The third-order valence-corrected chi connectivity index (χ3v) is 1.79. The minimum atomic E-state index is 0.767. The monoisotopic (exact) mass is 151 g/mol. The molecule has 1 nitrogen and oxygen atoms in total. The Labute approximate surface area is 69.2 Å². The minimum absolute atomic E-state index is 0.767. The first kappa shape index (κ1) is 8.38. The summed E-state index contributed by atoms with van der Waals surface area (Å²) in [5, 5.41) is 3.27. The van der Waals surface area contributed by atoms with Crippen molar-refractivity contribution in [2.75, 3.05) is 6.54 Å². The Morgan fingerprint density at radius 3 is 2.82 bits per heavy atom. The van der Waals surface area contributed by atoms with Gasteiger partial charge >= 0.3 is 0 Å². The number of hydrogen-bond acceptors (Lipinski definition) is 1. The molecule has 1 rings (SSSR count). The van der Waals surface area contributed by atoms with Gasteiger partial charge in [-0.25, -0.2) is 0 Å². The molecule has 0 bridgehead atoms. The number of dihydropyridines is 1. The fraction of sp³-hybridized carbons (Fsp3) is 0.600. The van der Waals surface area contributed by atoms with Gasteiger partial charge in [0.1, 0.15) is 0 Å². The summed E-state index contributed by atoms with van der Waals surface area (Å²) in [5.74, 6) is 0.767. The zero-order chi connectivity index (χ0) is 8.27. The molecule has 0 aromatic carbocycles. The highest BCUT2D eigenvalue weighted by Gasteiger charge is 2.02. The van der Waals surface area contributed by atoms with Crippen LogP contribution in [-0.2, 0) is 0 Å². The van der Waals surface area contributed by atoms with Crippen LogP contribution in [0.3, 0.4) is 0 Å². The molecule has 1 heteroatoms. The summed E-state index contributed by atoms with van der Waals surface area (Å²) >= 11 is 0. The van der Waals surface area contributed by atoms with E-state index in [2.05, 4.69) is 38.2 Å². The van der Waals surface area contributed by atoms with Gasteiger partial charge < -0.3 is 5.32 Å². The smallest absolute Gasteiger partial charge is 0.0333 e. The molecule has 62 valence electrons. The standard InChI is InChI=1S/C10H17N/c1-8(2)6-10-4-5-11-9(3)7-10/h4,7-8,11H,5-6H2,1-3H3. The fourth-order valence-corrected chi connectivity index (χ4v) is 1.34. The third kappa shape index (κ3) is 2.79. The van der Waals surface area contributed by atoms with Crippen molar-refractivity contribution in [3.8, 4) is 0 Å². The molecule has 1 heterocycles. The van der Waals surface area contributed by atoms with Crippen LogP contribution in [0.15, 0.2) is 23.4 Å². The summed E-state index contributed by atoms with van der Waals surface area (Å²) in [7, 11) is 0. The first-order chi connectivity index (χ1) is 5.18. The van der Waals surface area contributed by atoms with Crippen LogP contribution in [0, 0.1) is 5.92 Å². The molecule has 11 heavy (non-hydrogen) atoms. The minimum Gasteiger partial charge on any atom is -0.385 e. The molecule has 0 fully saturated rings. The first-order valence-corrected chi connectivity index (χ1v) is 4.29. The third-order valence-electron chi connectivity index (χ3n) is 1.79. The van der Waals surface area contributed by atoms with Crippen LogP contribution in [0.1, 0.15) is 27.2 Å². The zero-order valence-corrected chi connectivity index (χ0v) is 7.65. The van der Waals surface area contributed by atoms with E-state index in [0.29, 0.717) is 0 Å². The Kier molecular flexibility index (Phi) is 2.75. The average Bonchev–Trinajstić information content (AvgIpc) is 1.85. The van der Waals surface area contributed by atoms with Gasteiger partial charge in [0.05, 0.1) is 0 Å². The number of hydrogen-bond donors (Lipinski definition) is 1. The molecule has 0 aromatic rings. The lowest BCUT2D eigenvalue weighted by Crippen LogP contribution is -2.15. The van der Waals surface area contributed by atoms with Gasteiger partial charge in [0.15, 0.2) is 0 Å². The van der Waals surface area contributed by atoms with Gasteiger partial charge in [-0.3, -0.25) is 0 Å². The van der Waals surface area contributed by atoms with E-state index in [4.69, 9.17) is 0 Å². The molecule has 0 amide bonds. The molecule has 0 spiro atoms. The lowest BCUT2D eigenvalue weighted by Gasteiger charge is -2.14. The Bertz CT molecular complexity index is 187. The van der Waals surface area contributed by atoms with Crippen LogP contribution in [0.4, 0.5) is 0 Å².